The van der Waals surface area contributed by atoms with Gasteiger partial charge in [0.15, 0.2) is 15.0 Å². The molecule has 9 heteroatoms. The molecule has 0 atom stereocenters. The van der Waals surface area contributed by atoms with Crippen LogP contribution in [0.25, 0.3) is 10.2 Å². The lowest BCUT2D eigenvalue weighted by atomic mass is 10.2. The summed E-state index contributed by atoms with van der Waals surface area (Å²) < 4.78 is 25.8. The first-order chi connectivity index (χ1) is 14.3. The second-order valence-corrected chi connectivity index (χ2v) is 10.9. The second-order valence-electron chi connectivity index (χ2n) is 7.42. The van der Waals surface area contributed by atoms with E-state index in [2.05, 4.69) is 4.90 Å². The van der Waals surface area contributed by atoms with E-state index in [0.29, 0.717) is 36.8 Å². The molecule has 0 aliphatic carbocycles. The van der Waals surface area contributed by atoms with Crippen molar-refractivity contribution in [1.82, 2.24) is 9.88 Å². The van der Waals surface area contributed by atoms with E-state index in [1.54, 1.807) is 40.5 Å². The van der Waals surface area contributed by atoms with Crippen LogP contribution in [0.1, 0.15) is 11.1 Å². The zero-order chi connectivity index (χ0) is 21.3. The Balaban J connectivity index is 1.38. The average molecular weight is 464 g/mol. The van der Waals surface area contributed by atoms with Crippen molar-refractivity contribution in [3.8, 4) is 0 Å². The van der Waals surface area contributed by atoms with Crippen molar-refractivity contribution in [2.75, 3.05) is 36.8 Å². The summed E-state index contributed by atoms with van der Waals surface area (Å²) in [6.07, 6.45) is 0. The number of benzene rings is 2. The Labute approximate surface area is 185 Å². The third-order valence-corrected chi connectivity index (χ3v) is 8.20. The molecule has 3 aromatic rings. The van der Waals surface area contributed by atoms with Crippen LogP contribution in [0.2, 0.25) is 5.02 Å². The number of carbonyl (C=O) groups is 1. The molecule has 4 rings (SSSR count). The molecule has 0 radical (unpaired) electrons. The second kappa shape index (κ2) is 8.53. The number of sulfone groups is 1. The van der Waals surface area contributed by atoms with Gasteiger partial charge in [0.05, 0.1) is 21.0 Å². The molecule has 1 fully saturated rings. The van der Waals surface area contributed by atoms with Gasteiger partial charge < -0.3 is 9.80 Å². The van der Waals surface area contributed by atoms with E-state index < -0.39 is 15.6 Å². The van der Waals surface area contributed by atoms with Gasteiger partial charge in [-0.05, 0) is 24.1 Å². The molecule has 1 saturated heterocycles. The van der Waals surface area contributed by atoms with Crippen LogP contribution in [0.5, 0.6) is 0 Å². The SMILES string of the molecule is Cc1ccc(Cl)c2sc(N3CCN(C(=O)CS(=O)(=O)Cc4ccccc4)CC3)nc12. The van der Waals surface area contributed by atoms with Gasteiger partial charge in [-0.1, -0.05) is 59.3 Å². The van der Waals surface area contributed by atoms with E-state index in [1.807, 2.05) is 25.1 Å². The molecule has 1 aromatic heterocycles. The van der Waals surface area contributed by atoms with Crippen LogP contribution in [0.15, 0.2) is 42.5 Å². The number of amides is 1. The zero-order valence-corrected chi connectivity index (χ0v) is 18.9. The summed E-state index contributed by atoms with van der Waals surface area (Å²) in [6.45, 7) is 4.18. The van der Waals surface area contributed by atoms with Crippen LogP contribution < -0.4 is 4.90 Å². The van der Waals surface area contributed by atoms with Gasteiger partial charge in [0, 0.05) is 26.2 Å². The van der Waals surface area contributed by atoms with Gasteiger partial charge in [-0.25, -0.2) is 13.4 Å². The van der Waals surface area contributed by atoms with E-state index in [4.69, 9.17) is 16.6 Å². The Bertz CT molecular complexity index is 1130. The minimum atomic E-state index is -3.51. The maximum atomic E-state index is 12.6. The lowest BCUT2D eigenvalue weighted by molar-refractivity contribution is -0.128. The summed E-state index contributed by atoms with van der Waals surface area (Å²) in [5.74, 6) is -0.919. The number of hydrogen-bond donors (Lipinski definition) is 0. The lowest BCUT2D eigenvalue weighted by Gasteiger charge is -2.34. The fraction of sp³-hybridized carbons (Fsp3) is 0.333. The number of hydrogen-bond acceptors (Lipinski definition) is 6. The summed E-state index contributed by atoms with van der Waals surface area (Å²) in [4.78, 5) is 21.1. The maximum absolute atomic E-state index is 12.6. The number of thiazole rings is 1. The third-order valence-electron chi connectivity index (χ3n) is 5.16. The van der Waals surface area contributed by atoms with E-state index in [0.717, 1.165) is 20.9 Å². The lowest BCUT2D eigenvalue weighted by Crippen LogP contribution is -2.50. The molecule has 1 amide bonds. The molecule has 158 valence electrons. The van der Waals surface area contributed by atoms with E-state index in [-0.39, 0.29) is 11.7 Å². The molecule has 0 unspecified atom stereocenters. The Morgan fingerprint density at radius 1 is 1.10 bits per heavy atom. The monoisotopic (exact) mass is 463 g/mol. The first-order valence-electron chi connectivity index (χ1n) is 9.65. The number of piperazine rings is 1. The van der Waals surface area contributed by atoms with Crippen LogP contribution in [-0.4, -0.2) is 56.1 Å². The topological polar surface area (TPSA) is 70.6 Å². The highest BCUT2D eigenvalue weighted by molar-refractivity contribution is 7.91. The number of anilines is 1. The Hall–Kier alpha value is -2.16. The van der Waals surface area contributed by atoms with Crippen molar-refractivity contribution in [1.29, 1.82) is 0 Å². The molecule has 0 spiro atoms. The van der Waals surface area contributed by atoms with Crippen LogP contribution >= 0.6 is 22.9 Å². The fourth-order valence-electron chi connectivity index (χ4n) is 3.53. The van der Waals surface area contributed by atoms with Gasteiger partial charge in [0.25, 0.3) is 0 Å². The van der Waals surface area contributed by atoms with Crippen LogP contribution in [0, 0.1) is 6.92 Å². The Morgan fingerprint density at radius 2 is 1.80 bits per heavy atom. The largest absolute Gasteiger partial charge is 0.345 e. The minimum absolute atomic E-state index is 0.120. The number of carbonyl (C=O) groups excluding carboxylic acids is 1. The quantitative estimate of drug-likeness (QED) is 0.579. The number of aromatic nitrogens is 1. The van der Waals surface area contributed by atoms with Gasteiger partial charge >= 0.3 is 0 Å². The molecule has 1 aliphatic heterocycles. The summed E-state index contributed by atoms with van der Waals surface area (Å²) in [5, 5.41) is 1.57. The van der Waals surface area contributed by atoms with Crippen LogP contribution in [0.3, 0.4) is 0 Å². The van der Waals surface area contributed by atoms with Crippen molar-refractivity contribution in [2.45, 2.75) is 12.7 Å². The van der Waals surface area contributed by atoms with Gasteiger partial charge in [-0.15, -0.1) is 0 Å². The van der Waals surface area contributed by atoms with Crippen molar-refractivity contribution >= 4 is 54.0 Å². The molecular weight excluding hydrogens is 442 g/mol. The van der Waals surface area contributed by atoms with Crippen molar-refractivity contribution in [3.05, 3.63) is 58.6 Å². The Kier molecular flexibility index (Phi) is 5.99. The number of aryl methyl sites for hydroxylation is 1. The summed E-state index contributed by atoms with van der Waals surface area (Å²) >= 11 is 7.86. The molecule has 0 bridgehead atoms. The van der Waals surface area contributed by atoms with Crippen molar-refractivity contribution in [2.24, 2.45) is 0 Å². The normalized spacial score (nSPS) is 15.0. The minimum Gasteiger partial charge on any atom is -0.345 e. The van der Waals surface area contributed by atoms with Crippen LogP contribution in [-0.2, 0) is 20.4 Å². The summed E-state index contributed by atoms with van der Waals surface area (Å²) in [6, 6.07) is 12.8. The van der Waals surface area contributed by atoms with E-state index >= 15 is 0 Å². The highest BCUT2D eigenvalue weighted by Crippen LogP contribution is 2.35. The van der Waals surface area contributed by atoms with Crippen molar-refractivity contribution < 1.29 is 13.2 Å². The molecule has 0 saturated carbocycles. The highest BCUT2D eigenvalue weighted by Gasteiger charge is 2.27. The smallest absolute Gasteiger partial charge is 0.237 e. The summed E-state index contributed by atoms with van der Waals surface area (Å²) in [7, 11) is -3.51. The van der Waals surface area contributed by atoms with Gasteiger partial charge in [-0.3, -0.25) is 4.79 Å². The maximum Gasteiger partial charge on any atom is 0.237 e. The van der Waals surface area contributed by atoms with Crippen molar-refractivity contribution in [3.63, 3.8) is 0 Å². The molecule has 6 nitrogen and oxygen atoms in total. The zero-order valence-electron chi connectivity index (χ0n) is 16.5. The van der Waals surface area contributed by atoms with Gasteiger partial charge in [0.1, 0.15) is 5.75 Å². The van der Waals surface area contributed by atoms with E-state index in [1.165, 1.54) is 0 Å². The molecule has 2 heterocycles. The first kappa shape index (κ1) is 21.1. The standard InChI is InChI=1S/C21H22ClN3O3S2/c1-15-7-8-17(22)20-19(15)23-21(29-20)25-11-9-24(10-12-25)18(26)14-30(27,28)13-16-5-3-2-4-6-16/h2-8H,9-14H2,1H3. The van der Waals surface area contributed by atoms with Gasteiger partial charge in [0.2, 0.25) is 5.91 Å². The fourth-order valence-corrected chi connectivity index (χ4v) is 6.26. The molecular formula is C21H22ClN3O3S2. The predicted octanol–water partition coefficient (Wildman–Crippen LogP) is 3.52. The number of fused-ring (bicyclic) bond motifs is 1. The third kappa shape index (κ3) is 4.61. The number of nitrogens with zero attached hydrogens (tertiary/aromatic N) is 3. The number of halogens is 1. The molecule has 0 N–H and O–H groups in total. The Morgan fingerprint density at radius 3 is 2.47 bits per heavy atom. The predicted molar refractivity (Wildman–Crippen MR) is 122 cm³/mol. The molecule has 30 heavy (non-hydrogen) atoms. The highest BCUT2D eigenvalue weighted by atomic mass is 35.5. The van der Waals surface area contributed by atoms with Crippen LogP contribution in [0.4, 0.5) is 5.13 Å². The average Bonchev–Trinajstić information content (AvgIpc) is 3.18. The molecule has 1 aliphatic rings. The first-order valence-corrected chi connectivity index (χ1v) is 12.7. The van der Waals surface area contributed by atoms with Gasteiger partial charge in [-0.2, -0.15) is 0 Å². The van der Waals surface area contributed by atoms with E-state index in [9.17, 15) is 13.2 Å². The molecule has 2 aromatic carbocycles. The summed E-state index contributed by atoms with van der Waals surface area (Å²) in [5.41, 5.74) is 2.68. The number of rotatable bonds is 5.